The first kappa shape index (κ1) is 11.4. The van der Waals surface area contributed by atoms with Gasteiger partial charge in [0.1, 0.15) is 0 Å². The van der Waals surface area contributed by atoms with Crippen molar-refractivity contribution in [1.29, 1.82) is 0 Å². The predicted molar refractivity (Wildman–Crippen MR) is 37.4 cm³/mol. The molecule has 0 unspecified atom stereocenters. The van der Waals surface area contributed by atoms with Crippen LogP contribution in [-0.4, -0.2) is 27.0 Å². The first-order valence-electron chi connectivity index (χ1n) is 1.71. The van der Waals surface area contributed by atoms with Crippen LogP contribution in [0.1, 0.15) is 0 Å². The fourth-order valence-corrected chi connectivity index (χ4v) is 0. The fraction of sp³-hybridized carbons (Fsp3) is 0.667. The largest absolute Gasteiger partial charge is 0.394 e. The van der Waals surface area contributed by atoms with Gasteiger partial charge in [-0.25, -0.2) is 0 Å². The van der Waals surface area contributed by atoms with Gasteiger partial charge >= 0.3 is 0 Å². The first-order valence-corrected chi connectivity index (χ1v) is 3.30. The summed E-state index contributed by atoms with van der Waals surface area (Å²) in [6.45, 7) is -0.250. The zero-order valence-corrected chi connectivity index (χ0v) is 7.14. The molecule has 0 spiro atoms. The van der Waals surface area contributed by atoms with E-state index in [4.69, 9.17) is 10.2 Å². The maximum Gasteiger partial charge on any atom is 0.262 e. The molecule has 0 bridgehead atoms. The second-order valence-corrected chi connectivity index (χ2v) is 3.18. The van der Waals surface area contributed by atoms with E-state index in [1.807, 2.05) is 0 Å². The van der Waals surface area contributed by atoms with Crippen LogP contribution in [0.5, 0.6) is 0 Å². The van der Waals surface area contributed by atoms with Crippen LogP contribution in [0.3, 0.4) is 0 Å². The van der Waals surface area contributed by atoms with Crippen molar-refractivity contribution in [2.45, 2.75) is 0 Å². The topological polar surface area (TPSA) is 57.5 Å². The third-order valence-electron chi connectivity index (χ3n) is 0.1000. The van der Waals surface area contributed by atoms with E-state index in [-0.39, 0.29) is 16.8 Å². The monoisotopic (exact) mass is 248 g/mol. The van der Waals surface area contributed by atoms with E-state index in [0.717, 1.165) is 0 Å². The molecule has 0 aromatic carbocycles. The van der Waals surface area contributed by atoms with Crippen LogP contribution >= 0.6 is 31.9 Å². The summed E-state index contributed by atoms with van der Waals surface area (Å²) in [5.74, 6) is 0. The van der Waals surface area contributed by atoms with Crippen molar-refractivity contribution in [3.63, 3.8) is 0 Å². The Morgan fingerprint density at radius 3 is 1.38 bits per heavy atom. The van der Waals surface area contributed by atoms with Crippen molar-refractivity contribution < 1.29 is 15.0 Å². The summed E-state index contributed by atoms with van der Waals surface area (Å²) >= 11 is 5.10. The zero-order valence-electron chi connectivity index (χ0n) is 3.97. The molecule has 0 aliphatic heterocycles. The van der Waals surface area contributed by atoms with Gasteiger partial charge in [-0.05, 0) is 0 Å². The maximum absolute atomic E-state index is 9.28. The summed E-state index contributed by atoms with van der Waals surface area (Å²) in [6, 6.07) is 0. The number of rotatable bonds is 1. The predicted octanol–water partition coefficient (Wildman–Crippen LogP) is 0.867. The minimum absolute atomic E-state index is 0.125. The second-order valence-electron chi connectivity index (χ2n) is 0.673. The average molecular weight is 250 g/mol. The highest BCUT2D eigenvalue weighted by Crippen LogP contribution is 1.93. The molecule has 0 fully saturated rings. The molecule has 0 saturated heterocycles. The Morgan fingerprint density at radius 1 is 1.25 bits per heavy atom. The summed E-state index contributed by atoms with van der Waals surface area (Å²) in [7, 11) is 0. The molecular weight excluding hydrogens is 244 g/mol. The first-order chi connectivity index (χ1) is 3.65. The lowest BCUT2D eigenvalue weighted by molar-refractivity contribution is 0.186. The molecular formula is C3H6Br2O3. The summed E-state index contributed by atoms with van der Waals surface area (Å²) in [6.07, 6.45) is 0. The van der Waals surface area contributed by atoms with Crippen LogP contribution in [0.25, 0.3) is 0 Å². The Morgan fingerprint density at radius 2 is 1.38 bits per heavy atom. The van der Waals surface area contributed by atoms with Gasteiger partial charge in [0.2, 0.25) is 0 Å². The van der Waals surface area contributed by atoms with Gasteiger partial charge in [-0.3, -0.25) is 4.79 Å². The van der Waals surface area contributed by atoms with E-state index >= 15 is 0 Å². The van der Waals surface area contributed by atoms with Crippen LogP contribution in [0, 0.1) is 0 Å². The third kappa shape index (κ3) is 84.0. The average Bonchev–Trinajstić information content (AvgIpc) is 1.65. The third-order valence-corrected chi connectivity index (χ3v) is 0.1000. The van der Waals surface area contributed by atoms with Crippen LogP contribution in [-0.2, 0) is 0 Å². The Bertz CT molecular complexity index is 50.5. The zero-order chi connectivity index (χ0) is 6.99. The van der Waals surface area contributed by atoms with E-state index in [1.54, 1.807) is 0 Å². The number of aliphatic hydroxyl groups excluding tert-OH is 2. The normalized spacial score (nSPS) is 7.00. The summed E-state index contributed by atoms with van der Waals surface area (Å²) in [5, 5.41) is 15.2. The molecule has 5 heteroatoms. The van der Waals surface area contributed by atoms with Crippen molar-refractivity contribution in [1.82, 2.24) is 0 Å². The van der Waals surface area contributed by atoms with E-state index in [2.05, 4.69) is 31.9 Å². The summed E-state index contributed by atoms with van der Waals surface area (Å²) in [5.41, 5.74) is 0. The molecule has 0 aliphatic carbocycles. The smallest absolute Gasteiger partial charge is 0.262 e. The fourth-order valence-electron chi connectivity index (χ4n) is 0. The van der Waals surface area contributed by atoms with Gasteiger partial charge in [-0.1, -0.05) is 0 Å². The highest BCUT2D eigenvalue weighted by Gasteiger charge is 1.70. The van der Waals surface area contributed by atoms with E-state index in [0.29, 0.717) is 0 Å². The van der Waals surface area contributed by atoms with Gasteiger partial charge in [0.25, 0.3) is 3.60 Å². The van der Waals surface area contributed by atoms with E-state index < -0.39 is 0 Å². The van der Waals surface area contributed by atoms with Gasteiger partial charge in [0.15, 0.2) is 0 Å². The molecule has 0 rings (SSSR count). The van der Waals surface area contributed by atoms with Crippen LogP contribution in [0.15, 0.2) is 0 Å². The van der Waals surface area contributed by atoms with Crippen molar-refractivity contribution in [3.8, 4) is 0 Å². The quantitative estimate of drug-likeness (QED) is 0.678. The van der Waals surface area contributed by atoms with E-state index in [1.165, 1.54) is 0 Å². The van der Waals surface area contributed by atoms with Crippen LogP contribution in [0.2, 0.25) is 0 Å². The van der Waals surface area contributed by atoms with Gasteiger partial charge < -0.3 is 10.2 Å². The number of hydrogen-bond donors (Lipinski definition) is 2. The summed E-state index contributed by atoms with van der Waals surface area (Å²) in [4.78, 5) is 9.28. The van der Waals surface area contributed by atoms with Gasteiger partial charge in [-0.2, -0.15) is 0 Å². The Hall–Kier alpha value is 0.550. The van der Waals surface area contributed by atoms with Crippen LogP contribution in [0.4, 0.5) is 4.79 Å². The minimum atomic E-state index is -0.208. The molecule has 50 valence electrons. The molecule has 3 nitrogen and oxygen atoms in total. The number of aliphatic hydroxyl groups is 2. The van der Waals surface area contributed by atoms with E-state index in [9.17, 15) is 4.79 Å². The Balaban J connectivity index is 0. The summed E-state index contributed by atoms with van der Waals surface area (Å²) < 4.78 is -0.208. The minimum Gasteiger partial charge on any atom is -0.394 e. The molecule has 0 aliphatic rings. The number of hydrogen-bond acceptors (Lipinski definition) is 3. The maximum atomic E-state index is 9.28. The number of carbonyl (C=O) groups excluding carboxylic acids is 1. The molecule has 0 heterocycles. The molecule has 0 radical (unpaired) electrons. The van der Waals surface area contributed by atoms with Crippen molar-refractivity contribution in [2.75, 3.05) is 13.2 Å². The second kappa shape index (κ2) is 10.5. The highest BCUT2D eigenvalue weighted by atomic mass is 79.9. The van der Waals surface area contributed by atoms with Gasteiger partial charge in [0.05, 0.1) is 13.2 Å². The lowest BCUT2D eigenvalue weighted by Gasteiger charge is -1.70. The molecule has 0 saturated carbocycles. The molecule has 0 amide bonds. The SMILES string of the molecule is O=C(Br)Br.OCCO. The highest BCUT2D eigenvalue weighted by molar-refractivity contribution is 9.39. The molecule has 0 aromatic heterocycles. The molecule has 2 N–H and O–H groups in total. The lowest BCUT2D eigenvalue weighted by Crippen LogP contribution is -1.85. The molecule has 0 aromatic rings. The lowest BCUT2D eigenvalue weighted by atomic mass is 10.8. The van der Waals surface area contributed by atoms with Gasteiger partial charge in [0, 0.05) is 31.9 Å². The van der Waals surface area contributed by atoms with Crippen LogP contribution < -0.4 is 0 Å². The Kier molecular flexibility index (Phi) is 14.9. The molecule has 0 atom stereocenters. The Labute approximate surface area is 64.0 Å². The van der Waals surface area contributed by atoms with Crippen molar-refractivity contribution in [2.24, 2.45) is 0 Å². The number of halogens is 2. The van der Waals surface area contributed by atoms with Gasteiger partial charge in [-0.15, -0.1) is 0 Å². The van der Waals surface area contributed by atoms with Crippen molar-refractivity contribution in [3.05, 3.63) is 0 Å². The number of carbonyl (C=O) groups is 1. The molecule has 8 heavy (non-hydrogen) atoms. The standard InChI is InChI=1S/C2H6O2.CBr2O/c3-1-2-4;2-1(3)4/h3-4H,1-2H2;. The van der Waals surface area contributed by atoms with Crippen molar-refractivity contribution >= 4 is 35.5 Å².